The van der Waals surface area contributed by atoms with E-state index in [-0.39, 0.29) is 17.9 Å². The van der Waals surface area contributed by atoms with Gasteiger partial charge in [0.15, 0.2) is 0 Å². The number of hydrogen-bond donors (Lipinski definition) is 2. The van der Waals surface area contributed by atoms with Gasteiger partial charge in [0.1, 0.15) is 0 Å². The molecule has 0 atom stereocenters. The van der Waals surface area contributed by atoms with Crippen molar-refractivity contribution in [1.82, 2.24) is 4.98 Å². The number of pyridine rings is 1. The van der Waals surface area contributed by atoms with Gasteiger partial charge >= 0.3 is 0 Å². The minimum atomic E-state index is -0.127. The molecule has 5 nitrogen and oxygen atoms in total. The Bertz CT molecular complexity index is 1030. The maximum absolute atomic E-state index is 12.4. The maximum Gasteiger partial charge on any atom is 0.251 e. The Morgan fingerprint density at radius 3 is 2.44 bits per heavy atom. The number of rotatable bonds is 5. The molecule has 1 heterocycles. The number of nitrogens with zero attached hydrogens (tertiary/aromatic N) is 1. The van der Waals surface area contributed by atoms with Gasteiger partial charge in [0.05, 0.1) is 5.52 Å². The normalized spacial score (nSPS) is 10.8. The fourth-order valence-electron chi connectivity index (χ4n) is 3.23. The van der Waals surface area contributed by atoms with Gasteiger partial charge in [-0.1, -0.05) is 11.6 Å². The van der Waals surface area contributed by atoms with Crippen LogP contribution in [0.4, 0.5) is 11.4 Å². The van der Waals surface area contributed by atoms with Crippen molar-refractivity contribution in [3.05, 3.63) is 69.5 Å². The number of hydrogen-bond acceptors (Lipinski definition) is 3. The highest BCUT2D eigenvalue weighted by molar-refractivity contribution is 5.91. The van der Waals surface area contributed by atoms with Gasteiger partial charge in [0, 0.05) is 37.5 Å². The number of fused-ring (bicyclic) bond motifs is 1. The molecule has 0 aliphatic rings. The number of anilines is 2. The number of carbonyl (C=O) groups is 1. The monoisotopic (exact) mass is 363 g/mol. The minimum absolute atomic E-state index is 0.104. The summed E-state index contributed by atoms with van der Waals surface area (Å²) in [4.78, 5) is 29.6. The first-order valence-corrected chi connectivity index (χ1v) is 9.04. The molecular formula is C22H25N3O2. The molecule has 0 saturated heterocycles. The largest absolute Gasteiger partial charge is 0.378 e. The molecule has 140 valence electrons. The smallest absolute Gasteiger partial charge is 0.251 e. The molecule has 0 aliphatic heterocycles. The SMILES string of the molecule is Cc1cc(C)c2[nH]c(=O)c(CCC(=O)Nc3ccc(N(C)C)cc3)cc2c1. The number of aromatic nitrogens is 1. The van der Waals surface area contributed by atoms with Crippen LogP contribution in [0.2, 0.25) is 0 Å². The van der Waals surface area contributed by atoms with Crippen LogP contribution in [0.1, 0.15) is 23.1 Å². The van der Waals surface area contributed by atoms with Gasteiger partial charge in [-0.15, -0.1) is 0 Å². The summed E-state index contributed by atoms with van der Waals surface area (Å²) in [7, 11) is 3.94. The van der Waals surface area contributed by atoms with Gasteiger partial charge in [-0.2, -0.15) is 0 Å². The van der Waals surface area contributed by atoms with E-state index in [0.717, 1.165) is 33.4 Å². The lowest BCUT2D eigenvalue weighted by molar-refractivity contribution is -0.116. The summed E-state index contributed by atoms with van der Waals surface area (Å²) in [6, 6.07) is 13.7. The molecular weight excluding hydrogens is 338 g/mol. The van der Waals surface area contributed by atoms with E-state index in [4.69, 9.17) is 0 Å². The first-order valence-electron chi connectivity index (χ1n) is 9.04. The first kappa shape index (κ1) is 18.7. The number of carbonyl (C=O) groups excluding carboxylic acids is 1. The second kappa shape index (κ2) is 7.66. The fourth-order valence-corrected chi connectivity index (χ4v) is 3.23. The average molecular weight is 363 g/mol. The molecule has 0 fully saturated rings. The number of aromatic amines is 1. The second-order valence-corrected chi connectivity index (χ2v) is 7.16. The molecule has 0 unspecified atom stereocenters. The molecule has 3 aromatic rings. The average Bonchev–Trinajstić information content (AvgIpc) is 2.61. The molecule has 0 radical (unpaired) electrons. The zero-order chi connectivity index (χ0) is 19.6. The van der Waals surface area contributed by atoms with Crippen molar-refractivity contribution in [2.75, 3.05) is 24.3 Å². The molecule has 1 amide bonds. The van der Waals surface area contributed by atoms with Crippen LogP contribution in [0.3, 0.4) is 0 Å². The van der Waals surface area contributed by atoms with Crippen molar-refractivity contribution >= 4 is 28.2 Å². The van der Waals surface area contributed by atoms with Gasteiger partial charge < -0.3 is 15.2 Å². The molecule has 27 heavy (non-hydrogen) atoms. The Hall–Kier alpha value is -3.08. The molecule has 1 aromatic heterocycles. The standard InChI is InChI=1S/C22H25N3O2/c1-14-11-15(2)21-17(12-14)13-16(22(27)24-21)5-10-20(26)23-18-6-8-19(9-7-18)25(3)4/h6-9,11-13H,5,10H2,1-4H3,(H,23,26)(H,24,27). The molecule has 0 aliphatic carbocycles. The van der Waals surface area contributed by atoms with Gasteiger partial charge in [-0.25, -0.2) is 0 Å². The van der Waals surface area contributed by atoms with Crippen LogP contribution >= 0.6 is 0 Å². The summed E-state index contributed by atoms with van der Waals surface area (Å²) in [5.41, 5.74) is 5.39. The number of benzene rings is 2. The number of nitrogens with one attached hydrogen (secondary N) is 2. The summed E-state index contributed by atoms with van der Waals surface area (Å²) in [6.45, 7) is 4.02. The molecule has 0 spiro atoms. The predicted octanol–water partition coefficient (Wildman–Crippen LogP) is 3.78. The van der Waals surface area contributed by atoms with Crippen LogP contribution in [0.25, 0.3) is 10.9 Å². The third-order valence-electron chi connectivity index (χ3n) is 4.66. The van der Waals surface area contributed by atoms with Crippen LogP contribution in [-0.4, -0.2) is 25.0 Å². The Morgan fingerprint density at radius 2 is 1.78 bits per heavy atom. The number of aryl methyl sites for hydroxylation is 3. The summed E-state index contributed by atoms with van der Waals surface area (Å²) < 4.78 is 0. The van der Waals surface area contributed by atoms with Crippen molar-refractivity contribution in [3.8, 4) is 0 Å². The van der Waals surface area contributed by atoms with Crippen LogP contribution < -0.4 is 15.8 Å². The highest BCUT2D eigenvalue weighted by Crippen LogP contribution is 2.19. The van der Waals surface area contributed by atoms with Crippen molar-refractivity contribution in [2.24, 2.45) is 0 Å². The lowest BCUT2D eigenvalue weighted by Gasteiger charge is -2.13. The van der Waals surface area contributed by atoms with Crippen LogP contribution in [-0.2, 0) is 11.2 Å². The lowest BCUT2D eigenvalue weighted by Crippen LogP contribution is -2.17. The van der Waals surface area contributed by atoms with E-state index in [9.17, 15) is 9.59 Å². The fraction of sp³-hybridized carbons (Fsp3) is 0.273. The van der Waals surface area contributed by atoms with E-state index in [2.05, 4.69) is 10.3 Å². The van der Waals surface area contributed by atoms with E-state index in [1.165, 1.54) is 0 Å². The molecule has 0 saturated carbocycles. The van der Waals surface area contributed by atoms with Gasteiger partial charge in [-0.05, 0) is 67.6 Å². The molecule has 2 N–H and O–H groups in total. The Morgan fingerprint density at radius 1 is 1.07 bits per heavy atom. The maximum atomic E-state index is 12.4. The second-order valence-electron chi connectivity index (χ2n) is 7.16. The van der Waals surface area contributed by atoms with Crippen LogP contribution in [0.15, 0.2) is 47.3 Å². The van der Waals surface area contributed by atoms with Gasteiger partial charge in [0.2, 0.25) is 5.91 Å². The molecule has 2 aromatic carbocycles. The van der Waals surface area contributed by atoms with Crippen molar-refractivity contribution in [2.45, 2.75) is 26.7 Å². The van der Waals surface area contributed by atoms with Crippen molar-refractivity contribution < 1.29 is 4.79 Å². The number of H-pyrrole nitrogens is 1. The zero-order valence-corrected chi connectivity index (χ0v) is 16.2. The van der Waals surface area contributed by atoms with Crippen molar-refractivity contribution in [1.29, 1.82) is 0 Å². The lowest BCUT2D eigenvalue weighted by atomic mass is 10.0. The van der Waals surface area contributed by atoms with Gasteiger partial charge in [0.25, 0.3) is 5.56 Å². The minimum Gasteiger partial charge on any atom is -0.378 e. The van der Waals surface area contributed by atoms with E-state index in [0.29, 0.717) is 12.0 Å². The summed E-state index contributed by atoms with van der Waals surface area (Å²) in [5, 5.41) is 3.89. The third-order valence-corrected chi connectivity index (χ3v) is 4.66. The number of amides is 1. The van der Waals surface area contributed by atoms with E-state index in [1.807, 2.05) is 75.3 Å². The van der Waals surface area contributed by atoms with Gasteiger partial charge in [-0.3, -0.25) is 9.59 Å². The summed E-state index contributed by atoms with van der Waals surface area (Å²) in [6.07, 6.45) is 0.661. The molecule has 3 rings (SSSR count). The summed E-state index contributed by atoms with van der Waals surface area (Å²) >= 11 is 0. The molecule has 5 heteroatoms. The van der Waals surface area contributed by atoms with E-state index >= 15 is 0 Å². The van der Waals surface area contributed by atoms with E-state index < -0.39 is 0 Å². The topological polar surface area (TPSA) is 65.2 Å². The Kier molecular flexibility index (Phi) is 5.31. The quantitative estimate of drug-likeness (QED) is 0.725. The molecule has 0 bridgehead atoms. The Labute approximate surface area is 159 Å². The van der Waals surface area contributed by atoms with Crippen LogP contribution in [0, 0.1) is 13.8 Å². The first-order chi connectivity index (χ1) is 12.8. The van der Waals surface area contributed by atoms with Crippen molar-refractivity contribution in [3.63, 3.8) is 0 Å². The highest BCUT2D eigenvalue weighted by atomic mass is 16.1. The zero-order valence-electron chi connectivity index (χ0n) is 16.2. The third kappa shape index (κ3) is 4.37. The summed E-state index contributed by atoms with van der Waals surface area (Å²) in [5.74, 6) is -0.104. The Balaban J connectivity index is 1.69. The highest BCUT2D eigenvalue weighted by Gasteiger charge is 2.09. The predicted molar refractivity (Wildman–Crippen MR) is 112 cm³/mol. The van der Waals surface area contributed by atoms with Crippen LogP contribution in [0.5, 0.6) is 0 Å². The van der Waals surface area contributed by atoms with E-state index in [1.54, 1.807) is 0 Å².